The predicted octanol–water partition coefficient (Wildman–Crippen LogP) is 3.09. The molecule has 0 fully saturated rings. The minimum absolute atomic E-state index is 0.393. The van der Waals surface area contributed by atoms with E-state index >= 15 is 0 Å². The zero-order valence-corrected chi connectivity index (χ0v) is 12.0. The Hall–Kier alpha value is -1.20. The molecule has 2 aromatic rings. The van der Waals surface area contributed by atoms with Crippen molar-refractivity contribution in [1.29, 1.82) is 0 Å². The maximum atomic E-state index is 4.46. The summed E-state index contributed by atoms with van der Waals surface area (Å²) < 4.78 is 1.96. The van der Waals surface area contributed by atoms with E-state index in [9.17, 15) is 0 Å². The lowest BCUT2D eigenvalue weighted by atomic mass is 10.3. The van der Waals surface area contributed by atoms with Crippen LogP contribution in [0.2, 0.25) is 0 Å². The van der Waals surface area contributed by atoms with Crippen LogP contribution in [0.3, 0.4) is 0 Å². The van der Waals surface area contributed by atoms with Crippen LogP contribution < -0.4 is 5.32 Å². The molecule has 0 unspecified atom stereocenters. The van der Waals surface area contributed by atoms with Crippen LogP contribution in [-0.2, 0) is 6.54 Å². The topological polar surface area (TPSA) is 42.7 Å². The molecular formula is C13H20N4S. The second-order valence-corrected chi connectivity index (χ2v) is 5.73. The van der Waals surface area contributed by atoms with Crippen LogP contribution in [-0.4, -0.2) is 21.3 Å². The Morgan fingerprint density at radius 2 is 2.22 bits per heavy atom. The molecule has 2 rings (SSSR count). The van der Waals surface area contributed by atoms with Gasteiger partial charge >= 0.3 is 0 Å². The molecule has 0 spiro atoms. The highest BCUT2D eigenvalue weighted by Gasteiger charge is 2.08. The van der Waals surface area contributed by atoms with Gasteiger partial charge < -0.3 is 5.32 Å². The summed E-state index contributed by atoms with van der Waals surface area (Å²) in [6.07, 6.45) is 7.07. The van der Waals surface area contributed by atoms with Crippen LogP contribution in [0.4, 0.5) is 0 Å². The summed E-state index contributed by atoms with van der Waals surface area (Å²) in [4.78, 5) is 5.74. The number of hydrogen-bond donors (Lipinski definition) is 1. The number of nitrogens with one attached hydrogen (secondary N) is 1. The molecule has 0 aliphatic heterocycles. The average molecular weight is 264 g/mol. The summed E-state index contributed by atoms with van der Waals surface area (Å²) in [5, 5.41) is 8.78. The van der Waals surface area contributed by atoms with E-state index in [0.29, 0.717) is 6.04 Å². The van der Waals surface area contributed by atoms with Gasteiger partial charge in [0.1, 0.15) is 5.01 Å². The first kappa shape index (κ1) is 13.2. The van der Waals surface area contributed by atoms with Gasteiger partial charge in [0.25, 0.3) is 0 Å². The van der Waals surface area contributed by atoms with Crippen molar-refractivity contribution in [3.63, 3.8) is 0 Å². The molecule has 2 heterocycles. The van der Waals surface area contributed by atoms with Crippen LogP contribution in [0, 0.1) is 0 Å². The van der Waals surface area contributed by atoms with Crippen LogP contribution in [0.1, 0.15) is 38.1 Å². The number of thiazole rings is 1. The van der Waals surface area contributed by atoms with E-state index in [-0.39, 0.29) is 0 Å². The van der Waals surface area contributed by atoms with Gasteiger partial charge in [0.05, 0.1) is 6.20 Å². The third-order valence-corrected chi connectivity index (χ3v) is 3.70. The zero-order chi connectivity index (χ0) is 13.0. The molecule has 4 nitrogen and oxygen atoms in total. The quantitative estimate of drug-likeness (QED) is 0.815. The number of rotatable bonds is 6. The Balaban J connectivity index is 2.04. The smallest absolute Gasteiger partial charge is 0.126 e. The molecule has 0 saturated heterocycles. The molecule has 0 aliphatic rings. The molecule has 98 valence electrons. The molecule has 0 radical (unpaired) electrons. The molecular weight excluding hydrogens is 244 g/mol. The summed E-state index contributed by atoms with van der Waals surface area (Å²) >= 11 is 1.73. The van der Waals surface area contributed by atoms with E-state index in [2.05, 4.69) is 42.4 Å². The minimum atomic E-state index is 0.393. The zero-order valence-electron chi connectivity index (χ0n) is 11.2. The lowest BCUT2D eigenvalue weighted by molar-refractivity contribution is 0.532. The molecule has 0 amide bonds. The van der Waals surface area contributed by atoms with Gasteiger partial charge in [0.15, 0.2) is 0 Å². The Bertz CT molecular complexity index is 487. The van der Waals surface area contributed by atoms with Crippen molar-refractivity contribution >= 4 is 11.3 Å². The summed E-state index contributed by atoms with van der Waals surface area (Å²) in [5.41, 5.74) is 1.11. The number of nitrogens with zero attached hydrogens (tertiary/aromatic N) is 3. The Morgan fingerprint density at radius 1 is 1.39 bits per heavy atom. The first-order valence-corrected chi connectivity index (χ1v) is 7.22. The second kappa shape index (κ2) is 6.11. The van der Waals surface area contributed by atoms with Crippen LogP contribution in [0.25, 0.3) is 10.6 Å². The number of hydrogen-bond acceptors (Lipinski definition) is 4. The van der Waals surface area contributed by atoms with Crippen molar-refractivity contribution in [3.8, 4) is 10.6 Å². The summed E-state index contributed by atoms with van der Waals surface area (Å²) in [5.74, 6) is 0. The van der Waals surface area contributed by atoms with Gasteiger partial charge in [-0.3, -0.25) is 4.68 Å². The Morgan fingerprint density at radius 3 is 2.89 bits per heavy atom. The predicted molar refractivity (Wildman–Crippen MR) is 75.7 cm³/mol. The maximum absolute atomic E-state index is 4.46. The minimum Gasteiger partial charge on any atom is -0.312 e. The fourth-order valence-corrected chi connectivity index (χ4v) is 2.50. The normalized spacial score (nSPS) is 11.3. The van der Waals surface area contributed by atoms with Gasteiger partial charge in [0, 0.05) is 35.4 Å². The average Bonchev–Trinajstić information content (AvgIpc) is 2.97. The Labute approximate surface area is 112 Å². The standard InChI is InChI=1S/C13H20N4S/c1-4-5-14-7-12-8-15-13(18-12)11-6-16-17(9-11)10(2)3/h6,8-10,14H,4-5,7H2,1-3H3. The molecule has 18 heavy (non-hydrogen) atoms. The highest BCUT2D eigenvalue weighted by Crippen LogP contribution is 2.25. The SMILES string of the molecule is CCCNCc1cnc(-c2cnn(C(C)C)c2)s1. The third-order valence-electron chi connectivity index (χ3n) is 2.66. The molecule has 2 aromatic heterocycles. The molecule has 0 bridgehead atoms. The van der Waals surface area contributed by atoms with Crippen molar-refractivity contribution in [2.75, 3.05) is 6.54 Å². The van der Waals surface area contributed by atoms with Gasteiger partial charge in [-0.05, 0) is 26.8 Å². The van der Waals surface area contributed by atoms with Gasteiger partial charge in [-0.15, -0.1) is 11.3 Å². The van der Waals surface area contributed by atoms with Gasteiger partial charge in [-0.25, -0.2) is 4.98 Å². The van der Waals surface area contributed by atoms with E-state index in [1.54, 1.807) is 11.3 Å². The lowest BCUT2D eigenvalue weighted by Crippen LogP contribution is -2.12. The maximum Gasteiger partial charge on any atom is 0.126 e. The molecule has 0 saturated carbocycles. The van der Waals surface area contributed by atoms with Gasteiger partial charge in [-0.2, -0.15) is 5.10 Å². The summed E-state index contributed by atoms with van der Waals surface area (Å²) in [6.45, 7) is 8.38. The van der Waals surface area contributed by atoms with Crippen molar-refractivity contribution in [3.05, 3.63) is 23.5 Å². The summed E-state index contributed by atoms with van der Waals surface area (Å²) in [7, 11) is 0. The van der Waals surface area contributed by atoms with Crippen molar-refractivity contribution in [2.24, 2.45) is 0 Å². The van der Waals surface area contributed by atoms with E-state index < -0.39 is 0 Å². The van der Waals surface area contributed by atoms with E-state index in [1.165, 1.54) is 4.88 Å². The second-order valence-electron chi connectivity index (χ2n) is 4.61. The molecule has 5 heteroatoms. The number of aromatic nitrogens is 3. The monoisotopic (exact) mass is 264 g/mol. The fourth-order valence-electron chi connectivity index (χ4n) is 1.64. The first-order chi connectivity index (χ1) is 8.70. The highest BCUT2D eigenvalue weighted by molar-refractivity contribution is 7.15. The first-order valence-electron chi connectivity index (χ1n) is 6.40. The van der Waals surface area contributed by atoms with Crippen molar-refractivity contribution in [2.45, 2.75) is 39.8 Å². The molecule has 0 atom stereocenters. The third kappa shape index (κ3) is 3.17. The molecule has 1 N–H and O–H groups in total. The molecule has 0 aliphatic carbocycles. The van der Waals surface area contributed by atoms with E-state index in [1.807, 2.05) is 17.1 Å². The molecule has 0 aromatic carbocycles. The van der Waals surface area contributed by atoms with Gasteiger partial charge in [-0.1, -0.05) is 6.92 Å². The van der Waals surface area contributed by atoms with E-state index in [0.717, 1.165) is 30.1 Å². The highest BCUT2D eigenvalue weighted by atomic mass is 32.1. The largest absolute Gasteiger partial charge is 0.312 e. The van der Waals surface area contributed by atoms with Crippen molar-refractivity contribution < 1.29 is 0 Å². The Kier molecular flexibility index (Phi) is 4.49. The van der Waals surface area contributed by atoms with Crippen LogP contribution >= 0.6 is 11.3 Å². The van der Waals surface area contributed by atoms with Gasteiger partial charge in [0.2, 0.25) is 0 Å². The summed E-state index contributed by atoms with van der Waals surface area (Å²) in [6, 6.07) is 0.393. The van der Waals surface area contributed by atoms with Crippen LogP contribution in [0.15, 0.2) is 18.6 Å². The van der Waals surface area contributed by atoms with Crippen molar-refractivity contribution in [1.82, 2.24) is 20.1 Å². The van der Waals surface area contributed by atoms with Crippen LogP contribution in [0.5, 0.6) is 0 Å². The lowest BCUT2D eigenvalue weighted by Gasteiger charge is -2.02. The fraction of sp³-hybridized carbons (Fsp3) is 0.538. The van der Waals surface area contributed by atoms with E-state index in [4.69, 9.17) is 0 Å².